The maximum atomic E-state index is 13.3. The summed E-state index contributed by atoms with van der Waals surface area (Å²) in [6.45, 7) is 1.87. The molecule has 10 heteroatoms. The van der Waals surface area contributed by atoms with Gasteiger partial charge in [0.15, 0.2) is 27.3 Å². The molecular weight excluding hydrogens is 383 g/mol. The Morgan fingerprint density at radius 3 is 2.61 bits per heavy atom. The van der Waals surface area contributed by atoms with Gasteiger partial charge in [-0.2, -0.15) is 10.2 Å². The normalized spacial score (nSPS) is 13.0. The van der Waals surface area contributed by atoms with Gasteiger partial charge in [-0.25, -0.2) is 22.3 Å². The fraction of sp³-hybridized carbons (Fsp3) is 0.167. The fourth-order valence-corrected chi connectivity index (χ4v) is 4.12. The molecule has 4 rings (SSSR count). The first-order valence-electron chi connectivity index (χ1n) is 8.40. The summed E-state index contributed by atoms with van der Waals surface area (Å²) in [4.78, 5) is 4.47. The molecule has 8 nitrogen and oxygen atoms in total. The van der Waals surface area contributed by atoms with Crippen LogP contribution in [0.4, 0.5) is 16.0 Å². The summed E-state index contributed by atoms with van der Waals surface area (Å²) >= 11 is 0. The Hall–Kier alpha value is -3.27. The molecule has 1 atom stereocenters. The van der Waals surface area contributed by atoms with Crippen molar-refractivity contribution in [2.75, 3.05) is 11.6 Å². The third-order valence-corrected chi connectivity index (χ3v) is 5.53. The van der Waals surface area contributed by atoms with Gasteiger partial charge in [0, 0.05) is 24.2 Å². The summed E-state index contributed by atoms with van der Waals surface area (Å²) in [5, 5.41) is 13.3. The first-order valence-corrected chi connectivity index (χ1v) is 10.4. The minimum absolute atomic E-state index is 0.0764. The number of H-pyrrole nitrogens is 1. The Labute approximate surface area is 160 Å². The van der Waals surface area contributed by atoms with Gasteiger partial charge < -0.3 is 5.32 Å². The topological polar surface area (TPSA) is 105 Å². The van der Waals surface area contributed by atoms with E-state index < -0.39 is 20.9 Å². The van der Waals surface area contributed by atoms with E-state index in [-0.39, 0.29) is 5.82 Å². The monoisotopic (exact) mass is 400 g/mol. The number of aryl methyl sites for hydroxylation is 1. The van der Waals surface area contributed by atoms with Crippen LogP contribution in [0, 0.1) is 12.7 Å². The number of rotatable bonds is 5. The number of sulfone groups is 1. The minimum atomic E-state index is -3.63. The number of anilines is 2. The van der Waals surface area contributed by atoms with Crippen LogP contribution >= 0.6 is 0 Å². The van der Waals surface area contributed by atoms with E-state index >= 15 is 0 Å². The van der Waals surface area contributed by atoms with Crippen molar-refractivity contribution >= 4 is 27.0 Å². The molecule has 0 aliphatic heterocycles. The van der Waals surface area contributed by atoms with E-state index in [1.807, 2.05) is 6.92 Å². The lowest BCUT2D eigenvalue weighted by molar-refractivity contribution is 0.590. The van der Waals surface area contributed by atoms with E-state index in [1.165, 1.54) is 24.3 Å². The predicted octanol–water partition coefficient (Wildman–Crippen LogP) is 2.78. The van der Waals surface area contributed by atoms with E-state index in [2.05, 4.69) is 25.6 Å². The lowest BCUT2D eigenvalue weighted by Gasteiger charge is -2.16. The Kier molecular flexibility index (Phi) is 4.34. The van der Waals surface area contributed by atoms with Crippen LogP contribution in [0.3, 0.4) is 0 Å². The molecule has 3 aromatic heterocycles. The quantitative estimate of drug-likeness (QED) is 0.534. The molecule has 0 bridgehead atoms. The third-order valence-electron chi connectivity index (χ3n) is 4.20. The summed E-state index contributed by atoms with van der Waals surface area (Å²) < 4.78 is 40.0. The highest BCUT2D eigenvalue weighted by Crippen LogP contribution is 2.30. The lowest BCUT2D eigenvalue weighted by Crippen LogP contribution is -2.18. The zero-order chi connectivity index (χ0) is 19.9. The lowest BCUT2D eigenvalue weighted by atomic mass is 10.1. The van der Waals surface area contributed by atoms with Crippen LogP contribution in [-0.2, 0) is 9.84 Å². The smallest absolute Gasteiger partial charge is 0.174 e. The largest absolute Gasteiger partial charge is 0.322 e. The van der Waals surface area contributed by atoms with Crippen LogP contribution in [0.25, 0.3) is 5.52 Å². The molecule has 144 valence electrons. The first-order chi connectivity index (χ1) is 13.3. The Balaban J connectivity index is 1.87. The number of aromatic nitrogens is 5. The van der Waals surface area contributed by atoms with Crippen LogP contribution in [0.15, 0.2) is 48.7 Å². The van der Waals surface area contributed by atoms with E-state index in [9.17, 15) is 12.8 Å². The van der Waals surface area contributed by atoms with Crippen molar-refractivity contribution in [1.82, 2.24) is 24.8 Å². The van der Waals surface area contributed by atoms with Gasteiger partial charge in [-0.1, -0.05) is 12.1 Å². The molecule has 28 heavy (non-hydrogen) atoms. The summed E-state index contributed by atoms with van der Waals surface area (Å²) in [7, 11) is -3.63. The predicted molar refractivity (Wildman–Crippen MR) is 103 cm³/mol. The molecular formula is C18H17FN6O2S. The molecule has 0 aliphatic rings. The van der Waals surface area contributed by atoms with Crippen molar-refractivity contribution in [3.63, 3.8) is 0 Å². The molecule has 0 radical (unpaired) electrons. The number of nitrogens with one attached hydrogen (secondary N) is 2. The van der Waals surface area contributed by atoms with Gasteiger partial charge in [0.05, 0.1) is 0 Å². The third kappa shape index (κ3) is 3.46. The number of benzene rings is 1. The number of hydrogen-bond acceptors (Lipinski definition) is 6. The highest BCUT2D eigenvalue weighted by molar-refractivity contribution is 7.91. The number of fused-ring (bicyclic) bond motifs is 1. The molecule has 4 aromatic rings. The van der Waals surface area contributed by atoms with Gasteiger partial charge in [-0.3, -0.25) is 5.10 Å². The van der Waals surface area contributed by atoms with Crippen molar-refractivity contribution in [2.45, 2.75) is 12.2 Å². The van der Waals surface area contributed by atoms with Gasteiger partial charge in [-0.05, 0) is 36.8 Å². The standard InChI is InChI=1S/C18H17FN6O2S/c1-11-10-15(23-22-11)20-17-14-4-3-9-25(14)24-18(21-17)16(28(2,26)27)12-5-7-13(19)8-6-12/h3-10,16H,1-2H3,(H2,20,21,22,23,24). The molecule has 2 N–H and O–H groups in total. The maximum Gasteiger partial charge on any atom is 0.174 e. The summed E-state index contributed by atoms with van der Waals surface area (Å²) in [5.41, 5.74) is 1.91. The number of nitrogens with zero attached hydrogens (tertiary/aromatic N) is 4. The van der Waals surface area contributed by atoms with Crippen LogP contribution in [0.1, 0.15) is 22.3 Å². The minimum Gasteiger partial charge on any atom is -0.322 e. The van der Waals surface area contributed by atoms with Crippen molar-refractivity contribution < 1.29 is 12.8 Å². The van der Waals surface area contributed by atoms with E-state index in [0.29, 0.717) is 22.7 Å². The Morgan fingerprint density at radius 2 is 1.96 bits per heavy atom. The van der Waals surface area contributed by atoms with Crippen molar-refractivity contribution in [3.8, 4) is 0 Å². The van der Waals surface area contributed by atoms with Crippen LogP contribution in [-0.4, -0.2) is 39.5 Å². The van der Waals surface area contributed by atoms with Crippen molar-refractivity contribution in [3.05, 3.63) is 71.6 Å². The summed E-state index contributed by atoms with van der Waals surface area (Å²) in [6.07, 6.45) is 2.81. The second-order valence-corrected chi connectivity index (χ2v) is 8.61. The van der Waals surface area contributed by atoms with Gasteiger partial charge in [0.25, 0.3) is 0 Å². The zero-order valence-corrected chi connectivity index (χ0v) is 15.9. The molecule has 0 aliphatic carbocycles. The molecule has 3 heterocycles. The van der Waals surface area contributed by atoms with Crippen LogP contribution in [0.5, 0.6) is 0 Å². The number of halogens is 1. The average Bonchev–Trinajstić information content (AvgIpc) is 3.25. The average molecular weight is 400 g/mol. The van der Waals surface area contributed by atoms with E-state index in [1.54, 1.807) is 28.9 Å². The van der Waals surface area contributed by atoms with Gasteiger partial charge in [0.1, 0.15) is 16.6 Å². The van der Waals surface area contributed by atoms with E-state index in [0.717, 1.165) is 11.9 Å². The van der Waals surface area contributed by atoms with Gasteiger partial charge in [-0.15, -0.1) is 0 Å². The fourth-order valence-electron chi connectivity index (χ4n) is 2.98. The van der Waals surface area contributed by atoms with Crippen molar-refractivity contribution in [1.29, 1.82) is 0 Å². The molecule has 0 saturated heterocycles. The first kappa shape index (κ1) is 18.1. The molecule has 1 aromatic carbocycles. The second kappa shape index (κ2) is 6.71. The zero-order valence-electron chi connectivity index (χ0n) is 15.1. The molecule has 0 amide bonds. The molecule has 1 unspecified atom stereocenters. The SMILES string of the molecule is Cc1cc(Nc2nc(C(c3ccc(F)cc3)S(C)(=O)=O)nn3cccc23)n[nH]1. The highest BCUT2D eigenvalue weighted by atomic mass is 32.2. The molecule has 0 spiro atoms. The van der Waals surface area contributed by atoms with Gasteiger partial charge >= 0.3 is 0 Å². The van der Waals surface area contributed by atoms with Crippen molar-refractivity contribution in [2.24, 2.45) is 0 Å². The highest BCUT2D eigenvalue weighted by Gasteiger charge is 2.29. The van der Waals surface area contributed by atoms with E-state index in [4.69, 9.17) is 0 Å². The Bertz CT molecular complexity index is 1250. The van der Waals surface area contributed by atoms with Crippen LogP contribution in [0.2, 0.25) is 0 Å². The Morgan fingerprint density at radius 1 is 1.21 bits per heavy atom. The molecule has 0 fully saturated rings. The summed E-state index contributed by atoms with van der Waals surface area (Å²) in [5.74, 6) is 0.585. The van der Waals surface area contributed by atoms with Gasteiger partial charge in [0.2, 0.25) is 0 Å². The number of hydrogen-bond donors (Lipinski definition) is 2. The second-order valence-electron chi connectivity index (χ2n) is 6.48. The maximum absolute atomic E-state index is 13.3. The van der Waals surface area contributed by atoms with Crippen LogP contribution < -0.4 is 5.32 Å². The number of aromatic amines is 1. The molecule has 0 saturated carbocycles. The summed E-state index contributed by atoms with van der Waals surface area (Å²) in [6, 6.07) is 10.7.